The summed E-state index contributed by atoms with van der Waals surface area (Å²) < 4.78 is 19.6. The Balaban J connectivity index is 2.90. The summed E-state index contributed by atoms with van der Waals surface area (Å²) in [5.74, 6) is -1.65. The molecule has 1 aromatic carbocycles. The largest absolute Gasteiger partial charge is 0.513 e. The molecule has 1 aromatic rings. The van der Waals surface area contributed by atoms with Gasteiger partial charge in [-0.15, -0.1) is 10.1 Å². The van der Waals surface area contributed by atoms with Gasteiger partial charge < -0.3 is 34.6 Å². The third-order valence-electron chi connectivity index (χ3n) is 3.58. The molecule has 0 heterocycles. The Kier molecular flexibility index (Phi) is 9.98. The molecule has 1 unspecified atom stereocenters. The molecule has 0 aliphatic rings. The van der Waals surface area contributed by atoms with Crippen LogP contribution in [0.3, 0.4) is 0 Å². The Morgan fingerprint density at radius 2 is 1.71 bits per heavy atom. The Bertz CT molecular complexity index is 795. The number of nitrogens with two attached hydrogens (primary N) is 1. The van der Waals surface area contributed by atoms with Gasteiger partial charge in [0.2, 0.25) is 0 Å². The molecule has 0 saturated carbocycles. The smallest absolute Gasteiger partial charge is 0.480 e. The van der Waals surface area contributed by atoms with Crippen LogP contribution in [0.4, 0.5) is 9.59 Å². The van der Waals surface area contributed by atoms with E-state index >= 15 is 0 Å². The third kappa shape index (κ3) is 9.62. The summed E-state index contributed by atoms with van der Waals surface area (Å²) in [6.07, 6.45) is -1.73. The first-order valence-electron chi connectivity index (χ1n) is 9.17. The number of nitrogens with zero attached hydrogens (tertiary/aromatic N) is 1. The fourth-order valence-corrected chi connectivity index (χ4v) is 2.10. The SMILES string of the molecule is CCCOC(=O)Oc1ccc(CC(C)(N)C(=O)O)cc1OC(=O)OCCCO[N+](=O)[O-]. The van der Waals surface area contributed by atoms with Gasteiger partial charge in [-0.25, -0.2) is 9.59 Å². The number of hydrogen-bond donors (Lipinski definition) is 2. The van der Waals surface area contributed by atoms with E-state index < -0.39 is 28.9 Å². The van der Waals surface area contributed by atoms with Gasteiger partial charge in [0.05, 0.1) is 19.8 Å². The predicted molar refractivity (Wildman–Crippen MR) is 102 cm³/mol. The molecular formula is C18H24N2O11. The van der Waals surface area contributed by atoms with Crippen LogP contribution in [0.15, 0.2) is 18.2 Å². The molecular weight excluding hydrogens is 420 g/mol. The summed E-state index contributed by atoms with van der Waals surface area (Å²) in [5.41, 5.74) is 4.51. The molecule has 0 radical (unpaired) electrons. The molecule has 0 spiro atoms. The minimum Gasteiger partial charge on any atom is -0.480 e. The number of hydrogen-bond acceptors (Lipinski definition) is 11. The molecule has 0 fully saturated rings. The van der Waals surface area contributed by atoms with Crippen LogP contribution in [-0.2, 0) is 25.5 Å². The minimum atomic E-state index is -1.60. The second kappa shape index (κ2) is 12.2. The molecule has 13 nitrogen and oxygen atoms in total. The zero-order valence-electron chi connectivity index (χ0n) is 17.0. The van der Waals surface area contributed by atoms with Gasteiger partial charge in [0.15, 0.2) is 11.5 Å². The van der Waals surface area contributed by atoms with Crippen molar-refractivity contribution in [3.8, 4) is 11.5 Å². The molecule has 0 aliphatic heterocycles. The molecule has 0 aliphatic carbocycles. The van der Waals surface area contributed by atoms with Crippen molar-refractivity contribution in [3.63, 3.8) is 0 Å². The average Bonchev–Trinajstić information content (AvgIpc) is 2.67. The summed E-state index contributed by atoms with van der Waals surface area (Å²) >= 11 is 0. The maximum absolute atomic E-state index is 11.9. The van der Waals surface area contributed by atoms with Crippen molar-refractivity contribution in [1.29, 1.82) is 0 Å². The highest BCUT2D eigenvalue weighted by atomic mass is 16.9. The van der Waals surface area contributed by atoms with E-state index in [1.807, 2.05) is 0 Å². The Labute approximate surface area is 177 Å². The van der Waals surface area contributed by atoms with E-state index in [0.29, 0.717) is 12.0 Å². The summed E-state index contributed by atoms with van der Waals surface area (Å²) in [6.45, 7) is 2.70. The van der Waals surface area contributed by atoms with Gasteiger partial charge in [-0.3, -0.25) is 4.79 Å². The molecule has 31 heavy (non-hydrogen) atoms. The number of aliphatic carboxylic acids is 1. The van der Waals surface area contributed by atoms with Crippen molar-refractivity contribution < 1.29 is 48.4 Å². The van der Waals surface area contributed by atoms with Gasteiger partial charge in [-0.1, -0.05) is 13.0 Å². The predicted octanol–water partition coefficient (Wildman–Crippen LogP) is 2.07. The minimum absolute atomic E-state index is 0.0347. The average molecular weight is 444 g/mol. The number of rotatable bonds is 12. The Morgan fingerprint density at radius 1 is 1.10 bits per heavy atom. The first kappa shape index (κ1) is 25.4. The van der Waals surface area contributed by atoms with E-state index in [-0.39, 0.29) is 44.2 Å². The van der Waals surface area contributed by atoms with Crippen molar-refractivity contribution in [3.05, 3.63) is 33.9 Å². The molecule has 172 valence electrons. The zero-order valence-corrected chi connectivity index (χ0v) is 17.0. The van der Waals surface area contributed by atoms with E-state index in [1.54, 1.807) is 6.92 Å². The topological polar surface area (TPSA) is 187 Å². The summed E-state index contributed by atoms with van der Waals surface area (Å²) in [4.78, 5) is 49.0. The maximum atomic E-state index is 11.9. The molecule has 1 atom stereocenters. The van der Waals surface area contributed by atoms with Crippen molar-refractivity contribution in [2.75, 3.05) is 19.8 Å². The standard InChI is InChI=1S/C18H24N2O11/c1-3-7-27-16(23)30-13-6-5-12(11-18(2,19)15(21)22)10-14(13)31-17(24)28-8-4-9-29-20(25)26/h5-6,10H,3-4,7-9,11,19H2,1-2H3,(H,21,22). The number of carbonyl (C=O) groups is 3. The van der Waals surface area contributed by atoms with Crippen molar-refractivity contribution >= 4 is 18.3 Å². The van der Waals surface area contributed by atoms with Crippen LogP contribution >= 0.6 is 0 Å². The highest BCUT2D eigenvalue weighted by Crippen LogP contribution is 2.30. The second-order valence-corrected chi connectivity index (χ2v) is 6.49. The Morgan fingerprint density at radius 3 is 2.29 bits per heavy atom. The van der Waals surface area contributed by atoms with Gasteiger partial charge in [-0.2, -0.15) is 0 Å². The van der Waals surface area contributed by atoms with Crippen LogP contribution in [0.25, 0.3) is 0 Å². The Hall–Kier alpha value is -3.61. The zero-order chi connectivity index (χ0) is 23.4. The lowest BCUT2D eigenvalue weighted by molar-refractivity contribution is -0.757. The highest BCUT2D eigenvalue weighted by Gasteiger charge is 2.29. The van der Waals surface area contributed by atoms with E-state index in [2.05, 4.69) is 4.84 Å². The van der Waals surface area contributed by atoms with Crippen LogP contribution < -0.4 is 15.2 Å². The molecule has 0 aromatic heterocycles. The first-order valence-corrected chi connectivity index (χ1v) is 9.17. The molecule has 13 heteroatoms. The number of ether oxygens (including phenoxy) is 4. The molecule has 0 amide bonds. The van der Waals surface area contributed by atoms with Crippen molar-refractivity contribution in [2.24, 2.45) is 5.73 Å². The van der Waals surface area contributed by atoms with E-state index in [0.717, 1.165) is 0 Å². The lowest BCUT2D eigenvalue weighted by Gasteiger charge is -2.20. The van der Waals surface area contributed by atoms with Crippen LogP contribution in [0.2, 0.25) is 0 Å². The van der Waals surface area contributed by atoms with Gasteiger partial charge >= 0.3 is 18.3 Å². The highest BCUT2D eigenvalue weighted by molar-refractivity contribution is 5.78. The van der Waals surface area contributed by atoms with Gasteiger partial charge in [0, 0.05) is 12.8 Å². The van der Waals surface area contributed by atoms with E-state index in [4.69, 9.17) is 24.7 Å². The van der Waals surface area contributed by atoms with Crippen LogP contribution in [0, 0.1) is 10.1 Å². The van der Waals surface area contributed by atoms with E-state index in [1.165, 1.54) is 25.1 Å². The van der Waals surface area contributed by atoms with Gasteiger partial charge in [0.25, 0.3) is 5.09 Å². The number of carboxylic acids is 1. The van der Waals surface area contributed by atoms with Crippen LogP contribution in [0.1, 0.15) is 32.3 Å². The number of benzene rings is 1. The lowest BCUT2D eigenvalue weighted by Crippen LogP contribution is -2.46. The molecule has 1 rings (SSSR count). The van der Waals surface area contributed by atoms with Crippen LogP contribution in [0.5, 0.6) is 11.5 Å². The first-order chi connectivity index (χ1) is 14.5. The summed E-state index contributed by atoms with van der Waals surface area (Å²) in [5, 5.41) is 18.3. The second-order valence-electron chi connectivity index (χ2n) is 6.49. The number of carboxylic acid groups (broad SMARTS) is 1. The quantitative estimate of drug-likeness (QED) is 0.157. The van der Waals surface area contributed by atoms with Crippen molar-refractivity contribution in [1.82, 2.24) is 0 Å². The molecule has 3 N–H and O–H groups in total. The van der Waals surface area contributed by atoms with Gasteiger partial charge in [-0.05, 0) is 31.0 Å². The van der Waals surface area contributed by atoms with Crippen molar-refractivity contribution in [2.45, 2.75) is 38.6 Å². The molecule has 0 saturated heterocycles. The lowest BCUT2D eigenvalue weighted by atomic mass is 9.94. The van der Waals surface area contributed by atoms with Crippen LogP contribution in [-0.4, -0.2) is 53.8 Å². The fraction of sp³-hybridized carbons (Fsp3) is 0.500. The summed E-state index contributed by atoms with van der Waals surface area (Å²) in [7, 11) is 0. The monoisotopic (exact) mass is 444 g/mol. The normalized spacial score (nSPS) is 12.2. The molecule has 0 bridgehead atoms. The van der Waals surface area contributed by atoms with E-state index in [9.17, 15) is 29.6 Å². The number of carbonyl (C=O) groups excluding carboxylic acids is 2. The maximum Gasteiger partial charge on any atom is 0.513 e. The fourth-order valence-electron chi connectivity index (χ4n) is 2.10. The summed E-state index contributed by atoms with van der Waals surface area (Å²) in [6, 6.07) is 4.01. The third-order valence-corrected chi connectivity index (χ3v) is 3.58. The van der Waals surface area contributed by atoms with Gasteiger partial charge in [0.1, 0.15) is 5.54 Å².